The lowest BCUT2D eigenvalue weighted by atomic mass is 10.1. The number of carboxylic acid groups (broad SMARTS) is 1. The molecule has 5 nitrogen and oxygen atoms in total. The van der Waals surface area contributed by atoms with Crippen molar-refractivity contribution < 1.29 is 14.6 Å². The number of aliphatic carboxylic acids is 1. The van der Waals surface area contributed by atoms with Crippen LogP contribution >= 0.6 is 0 Å². The number of rotatable bonds is 6. The van der Waals surface area contributed by atoms with E-state index in [4.69, 9.17) is 15.6 Å². The van der Waals surface area contributed by atoms with E-state index in [-0.39, 0.29) is 6.42 Å². The second-order valence-corrected chi connectivity index (χ2v) is 4.73. The first kappa shape index (κ1) is 15.0. The number of carboxylic acids is 1. The molecule has 21 heavy (non-hydrogen) atoms. The molecule has 0 saturated heterocycles. The van der Waals surface area contributed by atoms with E-state index in [2.05, 4.69) is 4.98 Å². The molecule has 0 saturated carbocycles. The molecule has 0 spiro atoms. The van der Waals surface area contributed by atoms with Crippen LogP contribution in [0.4, 0.5) is 0 Å². The molecule has 0 aliphatic rings. The van der Waals surface area contributed by atoms with E-state index in [0.29, 0.717) is 24.6 Å². The predicted octanol–water partition coefficient (Wildman–Crippen LogP) is 2.05. The number of carbonyl (C=O) groups is 1. The summed E-state index contributed by atoms with van der Waals surface area (Å²) >= 11 is 0. The Morgan fingerprint density at radius 2 is 1.95 bits per heavy atom. The number of benzene rings is 1. The van der Waals surface area contributed by atoms with Gasteiger partial charge in [0.2, 0.25) is 0 Å². The first-order valence-corrected chi connectivity index (χ1v) is 6.68. The van der Waals surface area contributed by atoms with Crippen LogP contribution in [0.25, 0.3) is 0 Å². The second-order valence-electron chi connectivity index (χ2n) is 4.73. The van der Waals surface area contributed by atoms with Crippen LogP contribution in [0.5, 0.6) is 5.75 Å². The molecule has 110 valence electrons. The van der Waals surface area contributed by atoms with Gasteiger partial charge < -0.3 is 15.6 Å². The Labute approximate surface area is 123 Å². The molecule has 2 aromatic rings. The maximum Gasteiger partial charge on any atom is 0.307 e. The smallest absolute Gasteiger partial charge is 0.307 e. The minimum atomic E-state index is -0.859. The molecular formula is C16H18N2O3. The van der Waals surface area contributed by atoms with Crippen LogP contribution in [0.1, 0.15) is 22.5 Å². The minimum Gasteiger partial charge on any atom is -0.487 e. The fourth-order valence-corrected chi connectivity index (χ4v) is 2.06. The molecule has 0 aliphatic carbocycles. The van der Waals surface area contributed by atoms with Crippen molar-refractivity contribution in [3.05, 3.63) is 58.9 Å². The Kier molecular flexibility index (Phi) is 4.90. The average molecular weight is 286 g/mol. The van der Waals surface area contributed by atoms with Crippen LogP contribution in [0.15, 0.2) is 36.4 Å². The highest BCUT2D eigenvalue weighted by molar-refractivity contribution is 5.70. The molecule has 0 amide bonds. The SMILES string of the molecule is Cc1ccc(OCc2ccccc2CC(=O)O)c(CN)n1. The summed E-state index contributed by atoms with van der Waals surface area (Å²) in [5.41, 5.74) is 8.85. The number of nitrogens with two attached hydrogens (primary N) is 1. The molecule has 0 unspecified atom stereocenters. The van der Waals surface area contributed by atoms with E-state index in [1.807, 2.05) is 37.3 Å². The van der Waals surface area contributed by atoms with Crippen molar-refractivity contribution in [2.24, 2.45) is 5.73 Å². The highest BCUT2D eigenvalue weighted by atomic mass is 16.5. The van der Waals surface area contributed by atoms with Crippen molar-refractivity contribution in [1.29, 1.82) is 0 Å². The summed E-state index contributed by atoms with van der Waals surface area (Å²) in [5, 5.41) is 8.92. The van der Waals surface area contributed by atoms with E-state index in [0.717, 1.165) is 16.8 Å². The predicted molar refractivity (Wildman–Crippen MR) is 79.0 cm³/mol. The molecule has 1 heterocycles. The molecule has 3 N–H and O–H groups in total. The number of aryl methyl sites for hydroxylation is 1. The van der Waals surface area contributed by atoms with Gasteiger partial charge in [0.15, 0.2) is 0 Å². The summed E-state index contributed by atoms with van der Waals surface area (Å²) in [4.78, 5) is 15.2. The molecule has 0 atom stereocenters. The normalized spacial score (nSPS) is 10.4. The van der Waals surface area contributed by atoms with Gasteiger partial charge in [0, 0.05) is 12.2 Å². The van der Waals surface area contributed by atoms with Gasteiger partial charge in [0.05, 0.1) is 12.1 Å². The van der Waals surface area contributed by atoms with Gasteiger partial charge in [-0.15, -0.1) is 0 Å². The minimum absolute atomic E-state index is 0.0184. The fourth-order valence-electron chi connectivity index (χ4n) is 2.06. The van der Waals surface area contributed by atoms with Gasteiger partial charge in [-0.2, -0.15) is 0 Å². The average Bonchev–Trinajstić information content (AvgIpc) is 2.46. The summed E-state index contributed by atoms with van der Waals surface area (Å²) in [6.07, 6.45) is -0.0184. The third kappa shape index (κ3) is 4.03. The van der Waals surface area contributed by atoms with E-state index in [1.165, 1.54) is 0 Å². The zero-order valence-corrected chi connectivity index (χ0v) is 11.9. The third-order valence-corrected chi connectivity index (χ3v) is 3.11. The quantitative estimate of drug-likeness (QED) is 0.849. The van der Waals surface area contributed by atoms with Crippen molar-refractivity contribution in [1.82, 2.24) is 4.98 Å². The zero-order chi connectivity index (χ0) is 15.2. The van der Waals surface area contributed by atoms with Crippen LogP contribution in [-0.2, 0) is 24.4 Å². The number of nitrogens with zero attached hydrogens (tertiary/aromatic N) is 1. The molecule has 0 bridgehead atoms. The molecule has 1 aromatic heterocycles. The van der Waals surface area contributed by atoms with Gasteiger partial charge in [-0.05, 0) is 30.2 Å². The molecular weight excluding hydrogens is 268 g/mol. The Morgan fingerprint density at radius 1 is 1.24 bits per heavy atom. The number of ether oxygens (including phenoxy) is 1. The monoisotopic (exact) mass is 286 g/mol. The van der Waals surface area contributed by atoms with E-state index in [1.54, 1.807) is 6.07 Å². The van der Waals surface area contributed by atoms with Crippen molar-refractivity contribution >= 4 is 5.97 Å². The van der Waals surface area contributed by atoms with Crippen molar-refractivity contribution in [2.75, 3.05) is 0 Å². The molecule has 0 radical (unpaired) electrons. The lowest BCUT2D eigenvalue weighted by Gasteiger charge is -2.12. The Bertz CT molecular complexity index is 641. The van der Waals surface area contributed by atoms with Crippen molar-refractivity contribution in [3.63, 3.8) is 0 Å². The Morgan fingerprint density at radius 3 is 2.62 bits per heavy atom. The van der Waals surface area contributed by atoms with E-state index < -0.39 is 5.97 Å². The highest BCUT2D eigenvalue weighted by Gasteiger charge is 2.09. The Balaban J connectivity index is 2.15. The summed E-state index contributed by atoms with van der Waals surface area (Å²) in [6.45, 7) is 2.49. The fraction of sp³-hybridized carbons (Fsp3) is 0.250. The van der Waals surface area contributed by atoms with Crippen molar-refractivity contribution in [2.45, 2.75) is 26.5 Å². The first-order valence-electron chi connectivity index (χ1n) is 6.68. The molecule has 0 fully saturated rings. The van der Waals surface area contributed by atoms with Gasteiger partial charge in [0.1, 0.15) is 12.4 Å². The van der Waals surface area contributed by atoms with Crippen LogP contribution in [0, 0.1) is 6.92 Å². The van der Waals surface area contributed by atoms with Gasteiger partial charge in [-0.3, -0.25) is 9.78 Å². The topological polar surface area (TPSA) is 85.4 Å². The van der Waals surface area contributed by atoms with Crippen LogP contribution in [-0.4, -0.2) is 16.1 Å². The van der Waals surface area contributed by atoms with Crippen LogP contribution in [0.2, 0.25) is 0 Å². The Hall–Kier alpha value is -2.40. The van der Waals surface area contributed by atoms with Gasteiger partial charge in [-0.25, -0.2) is 0 Å². The van der Waals surface area contributed by atoms with Crippen LogP contribution in [0.3, 0.4) is 0 Å². The maximum absolute atomic E-state index is 10.9. The third-order valence-electron chi connectivity index (χ3n) is 3.11. The molecule has 1 aromatic carbocycles. The highest BCUT2D eigenvalue weighted by Crippen LogP contribution is 2.19. The zero-order valence-electron chi connectivity index (χ0n) is 11.9. The second kappa shape index (κ2) is 6.85. The number of aromatic nitrogens is 1. The van der Waals surface area contributed by atoms with Crippen LogP contribution < -0.4 is 10.5 Å². The number of hydrogen-bond donors (Lipinski definition) is 2. The first-order chi connectivity index (χ1) is 10.1. The number of pyridine rings is 1. The molecule has 0 aliphatic heterocycles. The lowest BCUT2D eigenvalue weighted by Crippen LogP contribution is -2.08. The van der Waals surface area contributed by atoms with Crippen molar-refractivity contribution in [3.8, 4) is 5.75 Å². The number of hydrogen-bond acceptors (Lipinski definition) is 4. The van der Waals surface area contributed by atoms with E-state index >= 15 is 0 Å². The lowest BCUT2D eigenvalue weighted by molar-refractivity contribution is -0.136. The summed E-state index contributed by atoms with van der Waals surface area (Å²) in [7, 11) is 0. The van der Waals surface area contributed by atoms with E-state index in [9.17, 15) is 4.79 Å². The summed E-state index contributed by atoms with van der Waals surface area (Å²) in [6, 6.07) is 11.0. The molecule has 5 heteroatoms. The van der Waals surface area contributed by atoms with Gasteiger partial charge in [0.25, 0.3) is 0 Å². The summed E-state index contributed by atoms with van der Waals surface area (Å²) < 4.78 is 5.76. The molecule has 2 rings (SSSR count). The summed E-state index contributed by atoms with van der Waals surface area (Å²) in [5.74, 6) is -0.227. The standard InChI is InChI=1S/C16H18N2O3/c1-11-6-7-15(14(9-17)18-11)21-10-13-5-3-2-4-12(13)8-16(19)20/h2-7H,8-10,17H2,1H3,(H,19,20). The van der Waals surface area contributed by atoms with Gasteiger partial charge in [-0.1, -0.05) is 24.3 Å². The maximum atomic E-state index is 10.9. The van der Waals surface area contributed by atoms with Gasteiger partial charge >= 0.3 is 5.97 Å². The largest absolute Gasteiger partial charge is 0.487 e.